The lowest BCUT2D eigenvalue weighted by atomic mass is 10.0. The molecule has 0 radical (unpaired) electrons. The van der Waals surface area contributed by atoms with Crippen LogP contribution in [0.25, 0.3) is 0 Å². The van der Waals surface area contributed by atoms with Gasteiger partial charge in [-0.25, -0.2) is 4.79 Å². The Kier molecular flexibility index (Phi) is 4.17. The first-order valence-electron chi connectivity index (χ1n) is 5.28. The summed E-state index contributed by atoms with van der Waals surface area (Å²) in [5.74, 6) is -0.0555. The Morgan fingerprint density at radius 2 is 2.12 bits per heavy atom. The number of carboxylic acid groups (broad SMARTS) is 1. The molecule has 1 rings (SSSR count). The normalized spacial score (nSPS) is 10.1. The molecular weight excluding hydrogens is 208 g/mol. The third-order valence-electron chi connectivity index (χ3n) is 2.46. The van der Waals surface area contributed by atoms with Crippen LogP contribution in [0.4, 0.5) is 4.79 Å². The molecule has 4 nitrogen and oxygen atoms in total. The molecule has 0 atom stereocenters. The summed E-state index contributed by atoms with van der Waals surface area (Å²) < 4.78 is 4.49. The largest absolute Gasteiger partial charge is 0.511 e. The van der Waals surface area contributed by atoms with E-state index in [9.17, 15) is 9.90 Å². The van der Waals surface area contributed by atoms with Gasteiger partial charge in [0.05, 0.1) is 0 Å². The summed E-state index contributed by atoms with van der Waals surface area (Å²) >= 11 is 0. The highest BCUT2D eigenvalue weighted by molar-refractivity contribution is 5.64. The Bertz CT molecular complexity index is 385. The Morgan fingerprint density at radius 1 is 1.44 bits per heavy atom. The zero-order chi connectivity index (χ0) is 12.1. The topological polar surface area (TPSA) is 66.8 Å². The summed E-state index contributed by atoms with van der Waals surface area (Å²) in [6, 6.07) is 3.22. The number of phenolic OH excluding ortho intramolecular Hbond substituents is 1. The first kappa shape index (κ1) is 12.4. The van der Waals surface area contributed by atoms with Gasteiger partial charge in [0.25, 0.3) is 0 Å². The fourth-order valence-corrected chi connectivity index (χ4v) is 1.56. The summed E-state index contributed by atoms with van der Waals surface area (Å²) in [5.41, 5.74) is 1.71. The van der Waals surface area contributed by atoms with E-state index >= 15 is 0 Å². The number of aryl methyl sites for hydroxylation is 1. The van der Waals surface area contributed by atoms with Crippen molar-refractivity contribution in [1.29, 1.82) is 0 Å². The van der Waals surface area contributed by atoms with Crippen LogP contribution in [-0.4, -0.2) is 16.4 Å². The van der Waals surface area contributed by atoms with E-state index in [1.807, 2.05) is 6.92 Å². The molecule has 88 valence electrons. The van der Waals surface area contributed by atoms with E-state index in [1.54, 1.807) is 6.07 Å². The lowest BCUT2D eigenvalue weighted by Gasteiger charge is -2.11. The number of hydrogen-bond donors (Lipinski definition) is 2. The van der Waals surface area contributed by atoms with Gasteiger partial charge >= 0.3 is 6.16 Å². The molecular formula is C12H16O4. The summed E-state index contributed by atoms with van der Waals surface area (Å²) in [6.45, 7) is 3.94. The third-order valence-corrected chi connectivity index (χ3v) is 2.46. The number of phenols is 1. The molecule has 2 N–H and O–H groups in total. The second-order valence-electron chi connectivity index (χ2n) is 3.68. The van der Waals surface area contributed by atoms with Crippen LogP contribution in [0.3, 0.4) is 0 Å². The summed E-state index contributed by atoms with van der Waals surface area (Å²) in [5, 5.41) is 18.4. The van der Waals surface area contributed by atoms with Crippen LogP contribution in [-0.2, 0) is 6.42 Å². The van der Waals surface area contributed by atoms with Crippen LogP contribution in [0.2, 0.25) is 0 Å². The molecule has 0 saturated carbocycles. The smallest absolute Gasteiger partial charge is 0.504 e. The molecule has 0 spiro atoms. The van der Waals surface area contributed by atoms with Gasteiger partial charge in [-0.15, -0.1) is 0 Å². The standard InChI is InChI=1S/C12H16O4/c1-3-4-5-9-8(2)6-7-10(11(9)13)16-12(14)15/h6-7,13H,3-5H2,1-2H3,(H,14,15). The van der Waals surface area contributed by atoms with Crippen LogP contribution >= 0.6 is 0 Å². The fraction of sp³-hybridized carbons (Fsp3) is 0.417. The molecule has 1 aromatic carbocycles. The monoisotopic (exact) mass is 224 g/mol. The lowest BCUT2D eigenvalue weighted by molar-refractivity contribution is 0.143. The highest BCUT2D eigenvalue weighted by atomic mass is 16.7. The van der Waals surface area contributed by atoms with Crippen molar-refractivity contribution in [3.05, 3.63) is 23.3 Å². The van der Waals surface area contributed by atoms with E-state index in [-0.39, 0.29) is 11.5 Å². The van der Waals surface area contributed by atoms with E-state index in [1.165, 1.54) is 6.07 Å². The molecule has 1 aromatic rings. The second-order valence-corrected chi connectivity index (χ2v) is 3.68. The number of carbonyl (C=O) groups is 1. The third kappa shape index (κ3) is 2.89. The minimum absolute atomic E-state index is 0.00389. The molecule has 0 heterocycles. The van der Waals surface area contributed by atoms with Crippen molar-refractivity contribution in [3.63, 3.8) is 0 Å². The van der Waals surface area contributed by atoms with Crippen molar-refractivity contribution in [3.8, 4) is 11.5 Å². The molecule has 0 unspecified atom stereocenters. The minimum atomic E-state index is -1.42. The van der Waals surface area contributed by atoms with Crippen molar-refractivity contribution in [1.82, 2.24) is 0 Å². The number of hydrogen-bond acceptors (Lipinski definition) is 3. The maximum atomic E-state index is 10.4. The quantitative estimate of drug-likeness (QED) is 0.609. The second kappa shape index (κ2) is 5.39. The summed E-state index contributed by atoms with van der Waals surface area (Å²) in [7, 11) is 0. The van der Waals surface area contributed by atoms with Gasteiger partial charge in [-0.2, -0.15) is 0 Å². The first-order chi connectivity index (χ1) is 7.56. The Labute approximate surface area is 94.5 Å². The van der Waals surface area contributed by atoms with Crippen molar-refractivity contribution >= 4 is 6.16 Å². The predicted molar refractivity (Wildman–Crippen MR) is 60.1 cm³/mol. The average Bonchev–Trinajstić information content (AvgIpc) is 2.22. The van der Waals surface area contributed by atoms with Crippen LogP contribution in [0, 0.1) is 6.92 Å². The summed E-state index contributed by atoms with van der Waals surface area (Å²) in [4.78, 5) is 10.4. The summed E-state index contributed by atoms with van der Waals surface area (Å²) in [6.07, 6.45) is 1.28. The van der Waals surface area contributed by atoms with Crippen molar-refractivity contribution < 1.29 is 19.7 Å². The van der Waals surface area contributed by atoms with E-state index in [0.717, 1.165) is 30.4 Å². The van der Waals surface area contributed by atoms with Gasteiger partial charge in [-0.1, -0.05) is 19.4 Å². The van der Waals surface area contributed by atoms with Crippen molar-refractivity contribution in [2.75, 3.05) is 0 Å². The molecule has 4 heteroatoms. The Balaban J connectivity index is 3.01. The number of benzene rings is 1. The zero-order valence-electron chi connectivity index (χ0n) is 9.49. The van der Waals surface area contributed by atoms with E-state index in [0.29, 0.717) is 0 Å². The highest BCUT2D eigenvalue weighted by Gasteiger charge is 2.13. The average molecular weight is 224 g/mol. The van der Waals surface area contributed by atoms with Gasteiger partial charge in [0.2, 0.25) is 0 Å². The minimum Gasteiger partial charge on any atom is -0.504 e. The van der Waals surface area contributed by atoms with Gasteiger partial charge < -0.3 is 14.9 Å². The Morgan fingerprint density at radius 3 is 2.69 bits per heavy atom. The number of aromatic hydroxyl groups is 1. The van der Waals surface area contributed by atoms with E-state index in [2.05, 4.69) is 11.7 Å². The molecule has 0 aliphatic rings. The molecule has 16 heavy (non-hydrogen) atoms. The van der Waals surface area contributed by atoms with Crippen LogP contribution in [0.5, 0.6) is 11.5 Å². The van der Waals surface area contributed by atoms with Crippen molar-refractivity contribution in [2.24, 2.45) is 0 Å². The lowest BCUT2D eigenvalue weighted by Crippen LogP contribution is -2.04. The molecule has 0 aliphatic heterocycles. The van der Waals surface area contributed by atoms with Crippen LogP contribution < -0.4 is 4.74 Å². The van der Waals surface area contributed by atoms with Gasteiger partial charge in [-0.3, -0.25) is 0 Å². The number of ether oxygens (including phenoxy) is 1. The number of unbranched alkanes of at least 4 members (excludes halogenated alkanes) is 1. The molecule has 0 aromatic heterocycles. The maximum Gasteiger partial charge on any atom is 0.511 e. The SMILES string of the molecule is CCCCc1c(C)ccc(OC(=O)O)c1O. The highest BCUT2D eigenvalue weighted by Crippen LogP contribution is 2.33. The molecule has 0 aliphatic carbocycles. The first-order valence-corrected chi connectivity index (χ1v) is 5.28. The molecule has 0 bridgehead atoms. The molecule has 0 saturated heterocycles. The molecule has 0 fully saturated rings. The number of rotatable bonds is 4. The van der Waals surface area contributed by atoms with E-state index < -0.39 is 6.16 Å². The van der Waals surface area contributed by atoms with Crippen LogP contribution in [0.1, 0.15) is 30.9 Å². The van der Waals surface area contributed by atoms with Gasteiger partial charge in [0.15, 0.2) is 11.5 Å². The van der Waals surface area contributed by atoms with Crippen molar-refractivity contribution in [2.45, 2.75) is 33.1 Å². The predicted octanol–water partition coefficient (Wildman–Crippen LogP) is 3.10. The Hall–Kier alpha value is -1.71. The fourth-order valence-electron chi connectivity index (χ4n) is 1.56. The van der Waals surface area contributed by atoms with E-state index in [4.69, 9.17) is 5.11 Å². The van der Waals surface area contributed by atoms with Gasteiger partial charge in [0, 0.05) is 5.56 Å². The van der Waals surface area contributed by atoms with Crippen LogP contribution in [0.15, 0.2) is 12.1 Å². The maximum absolute atomic E-state index is 10.4. The van der Waals surface area contributed by atoms with Gasteiger partial charge in [-0.05, 0) is 31.4 Å². The zero-order valence-corrected chi connectivity index (χ0v) is 9.49. The van der Waals surface area contributed by atoms with Gasteiger partial charge in [0.1, 0.15) is 0 Å². The molecule has 0 amide bonds.